The molecule has 2 amide bonds. The van der Waals surface area contributed by atoms with Crippen LogP contribution in [0.3, 0.4) is 0 Å². The van der Waals surface area contributed by atoms with E-state index >= 15 is 0 Å². The van der Waals surface area contributed by atoms with Gasteiger partial charge in [0.05, 0.1) is 23.9 Å². The molecule has 9 nitrogen and oxygen atoms in total. The molecule has 0 saturated carbocycles. The molecule has 0 bridgehead atoms. The largest absolute Gasteiger partial charge is 0.489 e. The highest BCUT2D eigenvalue weighted by molar-refractivity contribution is 6.43. The normalized spacial score (nSPS) is 14.2. The second-order valence-electron chi connectivity index (χ2n) is 11.5. The molecule has 44 heavy (non-hydrogen) atoms. The summed E-state index contributed by atoms with van der Waals surface area (Å²) in [6.07, 6.45) is -0.525. The van der Waals surface area contributed by atoms with Gasteiger partial charge in [0, 0.05) is 31.3 Å². The first kappa shape index (κ1) is 31.4. The molecule has 0 aliphatic carbocycles. The number of likely N-dealkylation sites (N-methyl/N-ethyl adjacent to an activating group) is 1. The van der Waals surface area contributed by atoms with Gasteiger partial charge < -0.3 is 24.0 Å². The van der Waals surface area contributed by atoms with Gasteiger partial charge >= 0.3 is 6.09 Å². The Labute approximate surface area is 265 Å². The highest BCUT2D eigenvalue weighted by atomic mass is 35.5. The Morgan fingerprint density at radius 2 is 1.89 bits per heavy atom. The lowest BCUT2D eigenvalue weighted by molar-refractivity contribution is 0.0262. The van der Waals surface area contributed by atoms with Crippen molar-refractivity contribution < 1.29 is 28.2 Å². The van der Waals surface area contributed by atoms with Crippen LogP contribution in [-0.4, -0.2) is 70.6 Å². The van der Waals surface area contributed by atoms with Crippen molar-refractivity contribution in [3.63, 3.8) is 0 Å². The summed E-state index contributed by atoms with van der Waals surface area (Å²) < 4.78 is 33.2. The van der Waals surface area contributed by atoms with Crippen LogP contribution in [0.5, 0.6) is 11.6 Å². The Kier molecular flexibility index (Phi) is 8.68. The van der Waals surface area contributed by atoms with Crippen LogP contribution < -0.4 is 9.47 Å². The number of carbonyl (C=O) groups excluding carboxylic acids is 2. The minimum atomic E-state index is -0.688. The average molecular weight is 644 g/mol. The number of amides is 2. The van der Waals surface area contributed by atoms with Gasteiger partial charge in [-0.15, -0.1) is 0 Å². The maximum absolute atomic E-state index is 14.7. The number of rotatable bonds is 7. The van der Waals surface area contributed by atoms with Crippen LogP contribution in [0.15, 0.2) is 48.5 Å². The maximum atomic E-state index is 14.7. The van der Waals surface area contributed by atoms with Crippen molar-refractivity contribution in [2.45, 2.75) is 39.3 Å². The number of aryl methyl sites for hydroxylation is 1. The van der Waals surface area contributed by atoms with Crippen molar-refractivity contribution in [1.29, 1.82) is 0 Å². The van der Waals surface area contributed by atoms with Gasteiger partial charge in [-0.1, -0.05) is 35.3 Å². The fourth-order valence-corrected chi connectivity index (χ4v) is 5.50. The number of halogens is 3. The molecule has 0 unspecified atom stereocenters. The number of methoxy groups -OCH3 is 1. The third kappa shape index (κ3) is 6.01. The van der Waals surface area contributed by atoms with Crippen molar-refractivity contribution >= 4 is 40.8 Å². The van der Waals surface area contributed by atoms with Gasteiger partial charge in [-0.05, 0) is 69.7 Å². The van der Waals surface area contributed by atoms with E-state index in [0.717, 1.165) is 0 Å². The molecule has 232 valence electrons. The van der Waals surface area contributed by atoms with Crippen molar-refractivity contribution in [3.05, 3.63) is 81.2 Å². The van der Waals surface area contributed by atoms with Gasteiger partial charge in [-0.2, -0.15) is 0 Å². The zero-order valence-corrected chi connectivity index (χ0v) is 26.8. The molecule has 0 saturated heterocycles. The molecule has 0 fully saturated rings. The van der Waals surface area contributed by atoms with Crippen molar-refractivity contribution in [2.75, 3.05) is 33.9 Å². The molecule has 12 heteroatoms. The number of hydrogen-bond acceptors (Lipinski definition) is 6. The molecular weight excluding hydrogens is 610 g/mol. The Balaban J connectivity index is 1.62. The smallest absolute Gasteiger partial charge is 0.410 e. The summed E-state index contributed by atoms with van der Waals surface area (Å²) in [5.74, 6) is 0.0361. The van der Waals surface area contributed by atoms with E-state index in [1.165, 1.54) is 18.1 Å². The molecule has 1 atom stereocenters. The summed E-state index contributed by atoms with van der Waals surface area (Å²) >= 11 is 12.7. The monoisotopic (exact) mass is 642 g/mol. The fraction of sp³-hybridized carbons (Fsp3) is 0.344. The number of nitrogens with zero attached hydrogens (tertiary/aromatic N) is 4. The first-order valence-corrected chi connectivity index (χ1v) is 14.7. The van der Waals surface area contributed by atoms with Gasteiger partial charge in [0.15, 0.2) is 11.6 Å². The van der Waals surface area contributed by atoms with E-state index in [0.29, 0.717) is 44.7 Å². The average Bonchev–Trinajstić information content (AvgIpc) is 3.58. The zero-order chi connectivity index (χ0) is 31.9. The highest BCUT2D eigenvalue weighted by Gasteiger charge is 2.37. The van der Waals surface area contributed by atoms with Crippen LogP contribution in [0.2, 0.25) is 10.0 Å². The summed E-state index contributed by atoms with van der Waals surface area (Å²) in [5, 5.41) is 0.583. The van der Waals surface area contributed by atoms with Crippen molar-refractivity contribution in [3.8, 4) is 22.9 Å². The van der Waals surface area contributed by atoms with E-state index in [-0.39, 0.29) is 36.2 Å². The topological polar surface area (TPSA) is 85.6 Å². The first-order valence-electron chi connectivity index (χ1n) is 14.0. The maximum Gasteiger partial charge on any atom is 0.410 e. The standard InChI is InChI=1S/C32H33Cl2FN4O5/c1-18-16-19(10-13-22(18)35)28-27(36-24-8-7-9-25(42-6)39(24)28)30(40)38(15-14-37(5)31(41)44-32(2,3)4)23-17-43-29-20(23)11-12-21(33)26(29)34/h7-13,16,23H,14-15,17H2,1-6H3/t23-/m1/s1. The van der Waals surface area contributed by atoms with Gasteiger partial charge in [0.1, 0.15) is 34.4 Å². The Morgan fingerprint density at radius 1 is 1.14 bits per heavy atom. The van der Waals surface area contributed by atoms with E-state index in [9.17, 15) is 14.0 Å². The second kappa shape index (κ2) is 12.2. The number of pyridine rings is 1. The lowest BCUT2D eigenvalue weighted by atomic mass is 10.0. The summed E-state index contributed by atoms with van der Waals surface area (Å²) in [5.41, 5.74) is 1.99. The van der Waals surface area contributed by atoms with E-state index in [1.807, 2.05) is 0 Å². The number of aromatic nitrogens is 2. The highest BCUT2D eigenvalue weighted by Crippen LogP contribution is 2.45. The summed E-state index contributed by atoms with van der Waals surface area (Å²) in [6, 6.07) is 12.8. The number of ether oxygens (including phenoxy) is 3. The van der Waals surface area contributed by atoms with Crippen LogP contribution >= 0.6 is 23.2 Å². The molecule has 5 rings (SSSR count). The van der Waals surface area contributed by atoms with Crippen LogP contribution in [-0.2, 0) is 4.74 Å². The molecule has 3 heterocycles. The van der Waals surface area contributed by atoms with Crippen LogP contribution in [0, 0.1) is 12.7 Å². The lowest BCUT2D eigenvalue weighted by Gasteiger charge is -2.31. The van der Waals surface area contributed by atoms with Crippen molar-refractivity contribution in [1.82, 2.24) is 19.2 Å². The second-order valence-corrected chi connectivity index (χ2v) is 12.3. The predicted octanol–water partition coefficient (Wildman–Crippen LogP) is 7.21. The molecule has 0 N–H and O–H groups in total. The van der Waals surface area contributed by atoms with E-state index in [4.69, 9.17) is 42.4 Å². The Bertz CT molecular complexity index is 1750. The summed E-state index contributed by atoms with van der Waals surface area (Å²) in [6.45, 7) is 7.37. The summed E-state index contributed by atoms with van der Waals surface area (Å²) in [7, 11) is 3.13. The molecule has 0 radical (unpaired) electrons. The van der Waals surface area contributed by atoms with Crippen molar-refractivity contribution in [2.24, 2.45) is 0 Å². The van der Waals surface area contributed by atoms with Crippen LogP contribution in [0.25, 0.3) is 16.9 Å². The zero-order valence-electron chi connectivity index (χ0n) is 25.3. The van der Waals surface area contributed by atoms with Crippen LogP contribution in [0.1, 0.15) is 48.4 Å². The quantitative estimate of drug-likeness (QED) is 0.212. The SMILES string of the molecule is COc1cccc2nc(C(=O)N(CCN(C)C(=O)OC(C)(C)C)[C@@H]3COc4c3ccc(Cl)c4Cl)c(-c3ccc(F)c(C)c3)n12. The van der Waals surface area contributed by atoms with Gasteiger partial charge in [-0.25, -0.2) is 14.2 Å². The van der Waals surface area contributed by atoms with Gasteiger partial charge in [0.2, 0.25) is 0 Å². The van der Waals surface area contributed by atoms with Crippen LogP contribution in [0.4, 0.5) is 9.18 Å². The third-order valence-corrected chi connectivity index (χ3v) is 8.08. The molecule has 0 spiro atoms. The van der Waals surface area contributed by atoms with Gasteiger partial charge in [-0.3, -0.25) is 9.20 Å². The predicted molar refractivity (Wildman–Crippen MR) is 166 cm³/mol. The number of carbonyl (C=O) groups is 2. The lowest BCUT2D eigenvalue weighted by Crippen LogP contribution is -2.43. The number of benzene rings is 2. The molecule has 2 aromatic carbocycles. The number of fused-ring (bicyclic) bond motifs is 2. The van der Waals surface area contributed by atoms with E-state index in [2.05, 4.69) is 0 Å². The minimum Gasteiger partial charge on any atom is -0.489 e. The van der Waals surface area contributed by atoms with Gasteiger partial charge in [0.25, 0.3) is 5.91 Å². The molecule has 4 aromatic rings. The first-order chi connectivity index (χ1) is 20.8. The third-order valence-electron chi connectivity index (χ3n) is 7.29. The molecule has 2 aromatic heterocycles. The number of imidazole rings is 1. The molecule has 1 aliphatic rings. The van der Waals surface area contributed by atoms with E-state index < -0.39 is 23.6 Å². The Hall–Kier alpha value is -4.02. The van der Waals surface area contributed by atoms with E-state index in [1.54, 1.807) is 86.5 Å². The molecule has 1 aliphatic heterocycles. The molecular formula is C32H33Cl2FN4O5. The summed E-state index contributed by atoms with van der Waals surface area (Å²) in [4.78, 5) is 35.2. The Morgan fingerprint density at radius 3 is 2.57 bits per heavy atom. The minimum absolute atomic E-state index is 0.106. The number of hydrogen-bond donors (Lipinski definition) is 0. The fourth-order valence-electron chi connectivity index (χ4n) is 5.12.